The maximum absolute atomic E-state index is 12.1. The molecule has 2 atom stereocenters. The van der Waals surface area contributed by atoms with Gasteiger partial charge < -0.3 is 20.1 Å². The van der Waals surface area contributed by atoms with Gasteiger partial charge in [0, 0.05) is 0 Å². The van der Waals surface area contributed by atoms with Gasteiger partial charge in [-0.2, -0.15) is 0 Å². The Labute approximate surface area is 220 Å². The van der Waals surface area contributed by atoms with Crippen LogP contribution in [0.1, 0.15) is 112 Å². The molecule has 0 rings (SSSR count). The summed E-state index contributed by atoms with van der Waals surface area (Å²) in [7, 11) is -1.74. The molecule has 0 bridgehead atoms. The molecule has 0 aromatic carbocycles. The van der Waals surface area contributed by atoms with Gasteiger partial charge in [-0.25, -0.2) is 8.42 Å². The summed E-state index contributed by atoms with van der Waals surface area (Å²) < 4.78 is 30.6. The van der Waals surface area contributed by atoms with Crippen LogP contribution < -0.4 is 11.0 Å². The number of nitrogens with zero attached hydrogens (tertiary/aromatic N) is 1. The molecule has 2 N–H and O–H groups in total. The molecular formula is C26H54N2O7S. The Morgan fingerprint density at radius 3 is 1.61 bits per heavy atom. The van der Waals surface area contributed by atoms with Crippen molar-refractivity contribution in [2.75, 3.05) is 32.6 Å². The van der Waals surface area contributed by atoms with E-state index in [9.17, 15) is 23.3 Å². The highest BCUT2D eigenvalue weighted by molar-refractivity contribution is 7.86. The van der Waals surface area contributed by atoms with Gasteiger partial charge in [0.25, 0.3) is 10.1 Å². The van der Waals surface area contributed by atoms with Crippen molar-refractivity contribution in [3.8, 4) is 0 Å². The summed E-state index contributed by atoms with van der Waals surface area (Å²) in [6.45, 7) is 12.2. The lowest BCUT2D eigenvalue weighted by Gasteiger charge is -2.32. The first-order valence-electron chi connectivity index (χ1n) is 13.8. The minimum atomic E-state index is -3.78. The topological polar surface area (TPSA) is 136 Å². The predicted octanol–water partition coefficient (Wildman–Crippen LogP) is 4.04. The third-order valence-electron chi connectivity index (χ3n) is 6.93. The van der Waals surface area contributed by atoms with E-state index in [-0.39, 0.29) is 11.7 Å². The Bertz CT molecular complexity index is 667. The average molecular weight is 539 g/mol. The highest BCUT2D eigenvalue weighted by atomic mass is 32.2. The third kappa shape index (κ3) is 18.1. The molecule has 0 saturated carbocycles. The van der Waals surface area contributed by atoms with E-state index in [0.29, 0.717) is 30.5 Å². The summed E-state index contributed by atoms with van der Waals surface area (Å²) >= 11 is 0. The molecule has 0 saturated heterocycles. The highest BCUT2D eigenvalue weighted by Crippen LogP contribution is 2.21. The molecule has 9 nitrogen and oxygen atoms in total. The molecule has 0 heterocycles. The van der Waals surface area contributed by atoms with Gasteiger partial charge >= 0.3 is 5.97 Å². The second-order valence-corrected chi connectivity index (χ2v) is 11.4. The number of nitrogens with two attached hydrogens (primary N) is 1. The van der Waals surface area contributed by atoms with Crippen molar-refractivity contribution >= 4 is 22.0 Å². The van der Waals surface area contributed by atoms with E-state index >= 15 is 0 Å². The SMILES string of the molecule is CCC(C(N)=O)C(CC)C(=O)OC[N+](C)(CC)CC.CCCCCCCCCCCCS(=O)(=O)O[O-]. The van der Waals surface area contributed by atoms with Crippen LogP contribution in [-0.2, 0) is 28.8 Å². The molecule has 0 spiro atoms. The Hall–Kier alpha value is -1.23. The monoisotopic (exact) mass is 538 g/mol. The van der Waals surface area contributed by atoms with Gasteiger partial charge in [-0.15, -0.1) is 0 Å². The van der Waals surface area contributed by atoms with Crippen LogP contribution in [0, 0.1) is 11.8 Å². The van der Waals surface area contributed by atoms with Crippen LogP contribution in [-0.4, -0.2) is 57.4 Å². The molecule has 0 fully saturated rings. The minimum absolute atomic E-state index is 0.146. The van der Waals surface area contributed by atoms with Crippen molar-refractivity contribution in [3.63, 3.8) is 0 Å². The number of amides is 1. The van der Waals surface area contributed by atoms with Crippen LogP contribution in [0.2, 0.25) is 0 Å². The van der Waals surface area contributed by atoms with E-state index in [1.165, 1.54) is 38.5 Å². The number of carbonyl (C=O) groups is 2. The first-order valence-corrected chi connectivity index (χ1v) is 15.4. The van der Waals surface area contributed by atoms with Gasteiger partial charge in [0.1, 0.15) is 0 Å². The quantitative estimate of drug-likeness (QED) is 0.0581. The molecule has 36 heavy (non-hydrogen) atoms. The van der Waals surface area contributed by atoms with Gasteiger partial charge in [-0.3, -0.25) is 14.1 Å². The summed E-state index contributed by atoms with van der Waals surface area (Å²) in [6.07, 6.45) is 12.5. The van der Waals surface area contributed by atoms with E-state index in [1.54, 1.807) is 0 Å². The summed E-state index contributed by atoms with van der Waals surface area (Å²) in [4.78, 5) is 23.5. The lowest BCUT2D eigenvalue weighted by molar-refractivity contribution is -0.922. The van der Waals surface area contributed by atoms with Gasteiger partial charge in [0.15, 0.2) is 0 Å². The Morgan fingerprint density at radius 1 is 0.806 bits per heavy atom. The van der Waals surface area contributed by atoms with E-state index in [0.717, 1.165) is 32.4 Å². The summed E-state index contributed by atoms with van der Waals surface area (Å²) in [5.74, 6) is -1.73. The fourth-order valence-electron chi connectivity index (χ4n) is 3.83. The summed E-state index contributed by atoms with van der Waals surface area (Å²) in [5, 5.41) is 9.76. The minimum Gasteiger partial charge on any atom is -0.707 e. The van der Waals surface area contributed by atoms with Crippen molar-refractivity contribution in [1.29, 1.82) is 0 Å². The van der Waals surface area contributed by atoms with Crippen LogP contribution >= 0.6 is 0 Å². The largest absolute Gasteiger partial charge is 0.707 e. The fourth-order valence-corrected chi connectivity index (χ4v) is 4.46. The van der Waals surface area contributed by atoms with Gasteiger partial charge in [-0.05, 0) is 33.1 Å². The smallest absolute Gasteiger partial charge is 0.314 e. The van der Waals surface area contributed by atoms with Crippen molar-refractivity contribution in [1.82, 2.24) is 0 Å². The van der Waals surface area contributed by atoms with Crippen LogP contribution in [0.4, 0.5) is 0 Å². The molecular weight excluding hydrogens is 484 g/mol. The fraction of sp³-hybridized carbons (Fsp3) is 0.923. The molecule has 0 aromatic rings. The van der Waals surface area contributed by atoms with E-state index < -0.39 is 27.9 Å². The molecule has 2 unspecified atom stereocenters. The van der Waals surface area contributed by atoms with Gasteiger partial charge in [0.2, 0.25) is 12.6 Å². The Balaban J connectivity index is 0. The van der Waals surface area contributed by atoms with Crippen molar-refractivity contribution < 1.29 is 36.8 Å². The number of primary amides is 1. The molecule has 0 aromatic heterocycles. The number of hydrogen-bond acceptors (Lipinski definition) is 7. The number of ether oxygens (including phenoxy) is 1. The van der Waals surface area contributed by atoms with Gasteiger partial charge in [0.05, 0.1) is 37.7 Å². The average Bonchev–Trinajstić information content (AvgIpc) is 2.86. The zero-order valence-corrected chi connectivity index (χ0v) is 24.6. The molecule has 1 amide bonds. The highest BCUT2D eigenvalue weighted by Gasteiger charge is 2.32. The number of quaternary nitrogens is 1. The second-order valence-electron chi connectivity index (χ2n) is 9.79. The normalized spacial score (nSPS) is 13.4. The number of carbonyl (C=O) groups excluding carboxylic acids is 2. The second kappa shape index (κ2) is 21.8. The van der Waals surface area contributed by atoms with Crippen molar-refractivity contribution in [3.05, 3.63) is 0 Å². The van der Waals surface area contributed by atoms with E-state index in [1.807, 2.05) is 20.9 Å². The number of unbranched alkanes of at least 4 members (excludes halogenated alkanes) is 9. The summed E-state index contributed by atoms with van der Waals surface area (Å²) in [5.41, 5.74) is 5.35. The first-order chi connectivity index (χ1) is 17.0. The van der Waals surface area contributed by atoms with Crippen molar-refractivity contribution in [2.24, 2.45) is 17.6 Å². The zero-order valence-electron chi connectivity index (χ0n) is 23.8. The Morgan fingerprint density at radius 2 is 1.25 bits per heavy atom. The van der Waals surface area contributed by atoms with E-state index in [2.05, 4.69) is 25.1 Å². The third-order valence-corrected chi connectivity index (χ3v) is 7.93. The van der Waals surface area contributed by atoms with Crippen LogP contribution in [0.15, 0.2) is 0 Å². The molecule has 0 radical (unpaired) electrons. The molecule has 0 aliphatic rings. The molecule has 0 aliphatic heterocycles. The molecule has 216 valence electrons. The Kier molecular flexibility index (Phi) is 22.4. The van der Waals surface area contributed by atoms with E-state index in [4.69, 9.17) is 10.5 Å². The number of esters is 1. The number of rotatable bonds is 21. The maximum atomic E-state index is 12.1. The maximum Gasteiger partial charge on any atom is 0.314 e. The predicted molar refractivity (Wildman–Crippen MR) is 142 cm³/mol. The van der Waals surface area contributed by atoms with Gasteiger partial charge in [-0.1, -0.05) is 78.6 Å². The molecule has 0 aliphatic carbocycles. The van der Waals surface area contributed by atoms with Crippen LogP contribution in [0.25, 0.3) is 0 Å². The molecule has 10 heteroatoms. The van der Waals surface area contributed by atoms with Crippen LogP contribution in [0.3, 0.4) is 0 Å². The number of hydrogen-bond donors (Lipinski definition) is 1. The first kappa shape index (κ1) is 36.9. The lowest BCUT2D eigenvalue weighted by Crippen LogP contribution is -2.47. The van der Waals surface area contributed by atoms with Crippen molar-refractivity contribution in [2.45, 2.75) is 112 Å². The summed E-state index contributed by atoms with van der Waals surface area (Å²) in [6, 6.07) is 0. The van der Waals surface area contributed by atoms with Crippen LogP contribution in [0.5, 0.6) is 0 Å². The lowest BCUT2D eigenvalue weighted by atomic mass is 9.87. The standard InChI is InChI=1S/C14H28N2O3.C12H26O4S/c1-6-11(13(15)17)12(7-2)14(18)19-10-16(5,8-3)9-4;1-2-3-4-5-6-7-8-9-10-11-12-17(14,15)16-13/h11-12H,6-10H2,1-5H3,(H-,15,17);13H,2-12H2,1H3. The zero-order chi connectivity index (χ0) is 28.0.